The van der Waals surface area contributed by atoms with E-state index in [1.165, 1.54) is 0 Å². The largest absolute Gasteiger partial charge is 0.385 e. The lowest BCUT2D eigenvalue weighted by molar-refractivity contribution is -0.116. The summed E-state index contributed by atoms with van der Waals surface area (Å²) in [7, 11) is 0. The van der Waals surface area contributed by atoms with Crippen LogP contribution in [0.3, 0.4) is 0 Å². The molecule has 3 heteroatoms. The van der Waals surface area contributed by atoms with Crippen LogP contribution < -0.4 is 10.6 Å². The molecule has 2 aliphatic rings. The van der Waals surface area contributed by atoms with E-state index in [0.29, 0.717) is 0 Å². The Hall–Kier alpha value is -1.09. The molecule has 11 heavy (non-hydrogen) atoms. The van der Waals surface area contributed by atoms with Crippen molar-refractivity contribution >= 4 is 5.78 Å². The van der Waals surface area contributed by atoms with Crippen molar-refractivity contribution in [3.05, 3.63) is 23.9 Å². The molecule has 0 amide bonds. The fraction of sp³-hybridized carbons (Fsp3) is 0.375. The van der Waals surface area contributed by atoms with Crippen LogP contribution >= 0.6 is 0 Å². The van der Waals surface area contributed by atoms with Gasteiger partial charge in [0.1, 0.15) is 6.04 Å². The minimum absolute atomic E-state index is 0.103. The molecule has 1 atom stereocenters. The monoisotopic (exact) mass is 150 g/mol. The zero-order valence-electron chi connectivity index (χ0n) is 6.13. The third-order valence-corrected chi connectivity index (χ3v) is 1.93. The molecule has 0 aromatic carbocycles. The molecular weight excluding hydrogens is 140 g/mol. The number of piperazine rings is 1. The molecule has 0 spiro atoms. The van der Waals surface area contributed by atoms with Crippen LogP contribution in [-0.4, -0.2) is 24.9 Å². The molecule has 0 saturated carbocycles. The van der Waals surface area contributed by atoms with Gasteiger partial charge < -0.3 is 10.6 Å². The Kier molecular flexibility index (Phi) is 1.51. The molecule has 2 rings (SSSR count). The smallest absolute Gasteiger partial charge is 0.178 e. The van der Waals surface area contributed by atoms with E-state index < -0.39 is 0 Å². The highest BCUT2D eigenvalue weighted by molar-refractivity contribution is 5.98. The van der Waals surface area contributed by atoms with Gasteiger partial charge in [-0.15, -0.1) is 0 Å². The lowest BCUT2D eigenvalue weighted by Gasteiger charge is -2.27. The molecule has 1 saturated heterocycles. The van der Waals surface area contributed by atoms with Crippen molar-refractivity contribution in [1.29, 1.82) is 0 Å². The summed E-state index contributed by atoms with van der Waals surface area (Å²) < 4.78 is 0. The molecule has 0 bridgehead atoms. The molecule has 0 radical (unpaired) electrons. The highest BCUT2D eigenvalue weighted by Crippen LogP contribution is 2.09. The van der Waals surface area contributed by atoms with Crippen LogP contribution in [0.4, 0.5) is 0 Å². The van der Waals surface area contributed by atoms with Gasteiger partial charge in [-0.25, -0.2) is 0 Å². The molecule has 1 unspecified atom stereocenters. The Morgan fingerprint density at radius 3 is 3.18 bits per heavy atom. The number of carbonyl (C=O) groups is 1. The first kappa shape index (κ1) is 6.61. The van der Waals surface area contributed by atoms with E-state index in [-0.39, 0.29) is 11.8 Å². The van der Waals surface area contributed by atoms with Crippen molar-refractivity contribution in [3.63, 3.8) is 0 Å². The van der Waals surface area contributed by atoms with E-state index >= 15 is 0 Å². The summed E-state index contributed by atoms with van der Waals surface area (Å²) in [4.78, 5) is 11.2. The maximum absolute atomic E-state index is 11.2. The van der Waals surface area contributed by atoms with E-state index in [4.69, 9.17) is 0 Å². The Bertz CT molecular complexity index is 242. The standard InChI is InChI=1S/C8H10N2O/c11-7-3-1-2-6-8(7)10-5-4-9-6/h1-3,8-10H,4-5H2. The van der Waals surface area contributed by atoms with Gasteiger partial charge in [-0.1, -0.05) is 6.08 Å². The first-order chi connectivity index (χ1) is 5.38. The minimum atomic E-state index is -0.103. The zero-order chi connectivity index (χ0) is 7.68. The van der Waals surface area contributed by atoms with E-state index in [0.717, 1.165) is 18.8 Å². The second-order valence-electron chi connectivity index (χ2n) is 2.70. The van der Waals surface area contributed by atoms with Crippen molar-refractivity contribution in [2.45, 2.75) is 6.04 Å². The number of rotatable bonds is 0. The predicted molar refractivity (Wildman–Crippen MR) is 42.0 cm³/mol. The normalized spacial score (nSPS) is 28.9. The zero-order valence-corrected chi connectivity index (χ0v) is 6.13. The average Bonchev–Trinajstić information content (AvgIpc) is 2.06. The number of carbonyl (C=O) groups excluding carboxylic acids is 1. The molecule has 2 N–H and O–H groups in total. The maximum atomic E-state index is 11.2. The highest BCUT2D eigenvalue weighted by atomic mass is 16.1. The molecule has 58 valence electrons. The van der Waals surface area contributed by atoms with Crippen LogP contribution in [0.25, 0.3) is 0 Å². The molecule has 3 nitrogen and oxygen atoms in total. The third kappa shape index (κ3) is 1.07. The third-order valence-electron chi connectivity index (χ3n) is 1.93. The summed E-state index contributed by atoms with van der Waals surface area (Å²) >= 11 is 0. The topological polar surface area (TPSA) is 41.1 Å². The van der Waals surface area contributed by atoms with Gasteiger partial charge in [0.25, 0.3) is 0 Å². The van der Waals surface area contributed by atoms with Gasteiger partial charge in [-0.05, 0) is 12.2 Å². The average molecular weight is 150 g/mol. The first-order valence-electron chi connectivity index (χ1n) is 3.77. The summed E-state index contributed by atoms with van der Waals surface area (Å²) in [6.07, 6.45) is 5.33. The lowest BCUT2D eigenvalue weighted by atomic mass is 10.0. The second-order valence-corrected chi connectivity index (χ2v) is 2.70. The predicted octanol–water partition coefficient (Wildman–Crippen LogP) is -0.429. The van der Waals surface area contributed by atoms with E-state index in [9.17, 15) is 4.79 Å². The van der Waals surface area contributed by atoms with Crippen molar-refractivity contribution in [3.8, 4) is 0 Å². The summed E-state index contributed by atoms with van der Waals surface area (Å²) in [6.45, 7) is 1.77. The number of fused-ring (bicyclic) bond motifs is 1. The van der Waals surface area contributed by atoms with Crippen LogP contribution in [0, 0.1) is 0 Å². The molecule has 1 fully saturated rings. The second kappa shape index (κ2) is 2.51. The van der Waals surface area contributed by atoms with Gasteiger partial charge in [0.2, 0.25) is 0 Å². The van der Waals surface area contributed by atoms with Crippen LogP contribution in [-0.2, 0) is 4.79 Å². The summed E-state index contributed by atoms with van der Waals surface area (Å²) in [5.41, 5.74) is 1.00. The summed E-state index contributed by atoms with van der Waals surface area (Å²) in [5, 5.41) is 6.32. The summed E-state index contributed by atoms with van der Waals surface area (Å²) in [6, 6.07) is -0.103. The Morgan fingerprint density at radius 2 is 2.36 bits per heavy atom. The molecule has 1 heterocycles. The van der Waals surface area contributed by atoms with E-state index in [2.05, 4.69) is 10.6 Å². The van der Waals surface area contributed by atoms with Crippen LogP contribution in [0.5, 0.6) is 0 Å². The van der Waals surface area contributed by atoms with Gasteiger partial charge in [0, 0.05) is 18.8 Å². The fourth-order valence-electron chi connectivity index (χ4n) is 1.39. The number of nitrogens with one attached hydrogen (secondary N) is 2. The number of hydrogen-bond donors (Lipinski definition) is 2. The minimum Gasteiger partial charge on any atom is -0.385 e. The number of ketones is 1. The first-order valence-corrected chi connectivity index (χ1v) is 3.77. The Balaban J connectivity index is 2.25. The van der Waals surface area contributed by atoms with Crippen LogP contribution in [0.15, 0.2) is 23.9 Å². The SMILES string of the molecule is O=C1C=CC=C2NCCNC12. The van der Waals surface area contributed by atoms with Crippen molar-refractivity contribution in [1.82, 2.24) is 10.6 Å². The number of allylic oxidation sites excluding steroid dienone is 2. The van der Waals surface area contributed by atoms with Gasteiger partial charge in [-0.3, -0.25) is 4.79 Å². The number of hydrogen-bond acceptors (Lipinski definition) is 3. The van der Waals surface area contributed by atoms with Crippen LogP contribution in [0.1, 0.15) is 0 Å². The van der Waals surface area contributed by atoms with E-state index in [1.807, 2.05) is 6.08 Å². The quantitative estimate of drug-likeness (QED) is 0.492. The maximum Gasteiger partial charge on any atom is 0.178 e. The van der Waals surface area contributed by atoms with Crippen molar-refractivity contribution < 1.29 is 4.79 Å². The highest BCUT2D eigenvalue weighted by Gasteiger charge is 2.24. The molecule has 1 aliphatic heterocycles. The fourth-order valence-corrected chi connectivity index (χ4v) is 1.39. The van der Waals surface area contributed by atoms with E-state index in [1.54, 1.807) is 12.2 Å². The van der Waals surface area contributed by atoms with Gasteiger partial charge in [0.15, 0.2) is 5.78 Å². The molecule has 0 aromatic heterocycles. The van der Waals surface area contributed by atoms with Crippen molar-refractivity contribution in [2.24, 2.45) is 0 Å². The summed E-state index contributed by atoms with van der Waals surface area (Å²) in [5.74, 6) is 0.148. The van der Waals surface area contributed by atoms with Gasteiger partial charge in [0.05, 0.1) is 0 Å². The van der Waals surface area contributed by atoms with Crippen LogP contribution in [0.2, 0.25) is 0 Å². The lowest BCUT2D eigenvalue weighted by Crippen LogP contribution is -2.50. The molecule has 0 aromatic rings. The van der Waals surface area contributed by atoms with Gasteiger partial charge >= 0.3 is 0 Å². The van der Waals surface area contributed by atoms with Crippen molar-refractivity contribution in [2.75, 3.05) is 13.1 Å². The van der Waals surface area contributed by atoms with Gasteiger partial charge in [-0.2, -0.15) is 0 Å². The molecular formula is C8H10N2O. The molecule has 1 aliphatic carbocycles. The Morgan fingerprint density at radius 1 is 1.45 bits per heavy atom. The Labute approximate surface area is 65.2 Å².